The van der Waals surface area contributed by atoms with Gasteiger partial charge in [-0.15, -0.1) is 0 Å². The number of primary amides is 2. The number of nitrogens with two attached hydrogens (primary N) is 2. The van der Waals surface area contributed by atoms with Gasteiger partial charge in [0, 0.05) is 11.1 Å². The minimum Gasteiger partial charge on any atom is -0.445 e. The van der Waals surface area contributed by atoms with Gasteiger partial charge in [-0.3, -0.25) is 9.59 Å². The van der Waals surface area contributed by atoms with Crippen molar-refractivity contribution in [2.24, 2.45) is 11.5 Å². The molecule has 0 bridgehead atoms. The van der Waals surface area contributed by atoms with E-state index in [9.17, 15) is 9.59 Å². The molecule has 0 spiro atoms. The minimum atomic E-state index is -0.622. The van der Waals surface area contributed by atoms with Crippen LogP contribution in [0.3, 0.4) is 0 Å². The lowest BCUT2D eigenvalue weighted by atomic mass is 9.98. The maximum Gasteiger partial charge on any atom is 0.284 e. The first-order valence-corrected chi connectivity index (χ1v) is 7.35. The van der Waals surface area contributed by atoms with Crippen molar-refractivity contribution in [2.75, 3.05) is 0 Å². The zero-order chi connectivity index (χ0) is 14.5. The summed E-state index contributed by atoms with van der Waals surface area (Å²) >= 11 is 0. The third kappa shape index (κ3) is 3.21. The van der Waals surface area contributed by atoms with Gasteiger partial charge in [-0.25, -0.2) is 0 Å². The normalized spacial score (nSPS) is 17.0. The van der Waals surface area contributed by atoms with Crippen LogP contribution in [0.5, 0.6) is 0 Å². The molecule has 2 rings (SSSR count). The number of hydrogen-bond donors (Lipinski definition) is 2. The van der Waals surface area contributed by atoms with Crippen molar-refractivity contribution < 1.29 is 14.0 Å². The molecule has 5 nitrogen and oxygen atoms in total. The lowest BCUT2D eigenvalue weighted by Gasteiger charge is -2.04. The Kier molecular flexibility index (Phi) is 4.82. The van der Waals surface area contributed by atoms with Crippen LogP contribution in [0.15, 0.2) is 4.42 Å². The third-order valence-electron chi connectivity index (χ3n) is 3.92. The van der Waals surface area contributed by atoms with Crippen LogP contribution in [0.25, 0.3) is 0 Å². The van der Waals surface area contributed by atoms with E-state index in [-0.39, 0.29) is 11.5 Å². The summed E-state index contributed by atoms with van der Waals surface area (Å²) in [6.45, 7) is 0. The van der Waals surface area contributed by atoms with Crippen molar-refractivity contribution in [1.82, 2.24) is 0 Å². The number of carbonyl (C=O) groups excluding carboxylic acids is 2. The predicted octanol–water partition coefficient (Wildman–Crippen LogP) is 2.31. The van der Waals surface area contributed by atoms with E-state index in [2.05, 4.69) is 0 Å². The molecule has 20 heavy (non-hydrogen) atoms. The second kappa shape index (κ2) is 6.59. The highest BCUT2D eigenvalue weighted by Gasteiger charge is 2.25. The molecule has 0 atom stereocenters. The van der Waals surface area contributed by atoms with Gasteiger partial charge in [0.15, 0.2) is 11.5 Å². The average molecular weight is 278 g/mol. The van der Waals surface area contributed by atoms with E-state index < -0.39 is 11.8 Å². The van der Waals surface area contributed by atoms with Crippen molar-refractivity contribution >= 4 is 11.8 Å². The van der Waals surface area contributed by atoms with Gasteiger partial charge in [0.2, 0.25) is 0 Å². The number of fused-ring (bicyclic) bond motifs is 1. The molecule has 0 radical (unpaired) electrons. The van der Waals surface area contributed by atoms with Gasteiger partial charge < -0.3 is 15.9 Å². The van der Waals surface area contributed by atoms with E-state index in [0.29, 0.717) is 0 Å². The standard InChI is InChI=1S/C15H22N2O3/c16-14(18)12-10-8-6-4-2-1-3-5-7-9-11(10)13(20-12)15(17)19/h1-9H2,(H2,16,18)(H2,17,19). The van der Waals surface area contributed by atoms with Crippen LogP contribution in [0.4, 0.5) is 0 Å². The van der Waals surface area contributed by atoms with Gasteiger partial charge >= 0.3 is 0 Å². The van der Waals surface area contributed by atoms with Crippen LogP contribution in [-0.2, 0) is 12.8 Å². The van der Waals surface area contributed by atoms with E-state index in [1.807, 2.05) is 0 Å². The Hall–Kier alpha value is -1.78. The SMILES string of the molecule is NC(=O)c1oc(C(N)=O)c2c1CCCCCCCCC2. The molecule has 1 aliphatic carbocycles. The average Bonchev–Trinajstić information content (AvgIpc) is 2.73. The zero-order valence-electron chi connectivity index (χ0n) is 11.7. The molecule has 4 N–H and O–H groups in total. The summed E-state index contributed by atoms with van der Waals surface area (Å²) in [5.41, 5.74) is 12.3. The zero-order valence-corrected chi connectivity index (χ0v) is 11.7. The quantitative estimate of drug-likeness (QED) is 0.868. The fraction of sp³-hybridized carbons (Fsp3) is 0.600. The summed E-state index contributed by atoms with van der Waals surface area (Å²) in [6, 6.07) is 0. The number of carbonyl (C=O) groups is 2. The number of amides is 2. The van der Waals surface area contributed by atoms with Crippen molar-refractivity contribution in [3.63, 3.8) is 0 Å². The molecule has 0 saturated heterocycles. The summed E-state index contributed by atoms with van der Waals surface area (Å²) in [4.78, 5) is 23.0. The summed E-state index contributed by atoms with van der Waals surface area (Å²) in [5.74, 6) is -1.01. The molecular weight excluding hydrogens is 256 g/mol. The Morgan fingerprint density at radius 2 is 1.05 bits per heavy atom. The summed E-state index contributed by atoms with van der Waals surface area (Å²) in [7, 11) is 0. The summed E-state index contributed by atoms with van der Waals surface area (Å²) in [6.07, 6.45) is 9.32. The fourth-order valence-corrected chi connectivity index (χ4v) is 2.91. The first-order valence-electron chi connectivity index (χ1n) is 7.35. The van der Waals surface area contributed by atoms with E-state index in [0.717, 1.165) is 49.7 Å². The smallest absolute Gasteiger partial charge is 0.284 e. The van der Waals surface area contributed by atoms with E-state index in [4.69, 9.17) is 15.9 Å². The predicted molar refractivity (Wildman–Crippen MR) is 75.5 cm³/mol. The second-order valence-electron chi connectivity index (χ2n) is 5.42. The molecule has 110 valence electrons. The number of hydrogen-bond acceptors (Lipinski definition) is 3. The van der Waals surface area contributed by atoms with E-state index in [1.165, 1.54) is 19.3 Å². The Morgan fingerprint density at radius 1 is 0.700 bits per heavy atom. The van der Waals surface area contributed by atoms with Crippen LogP contribution in [0, 0.1) is 0 Å². The van der Waals surface area contributed by atoms with Crippen molar-refractivity contribution in [1.29, 1.82) is 0 Å². The fourth-order valence-electron chi connectivity index (χ4n) is 2.91. The molecule has 1 heterocycles. The lowest BCUT2D eigenvalue weighted by molar-refractivity contribution is 0.0949. The first kappa shape index (κ1) is 14.6. The largest absolute Gasteiger partial charge is 0.445 e. The number of furan rings is 1. The van der Waals surface area contributed by atoms with E-state index >= 15 is 0 Å². The van der Waals surface area contributed by atoms with Gasteiger partial charge in [0.25, 0.3) is 11.8 Å². The lowest BCUT2D eigenvalue weighted by Crippen LogP contribution is -2.12. The molecule has 0 saturated carbocycles. The molecule has 1 aromatic heterocycles. The Morgan fingerprint density at radius 3 is 1.40 bits per heavy atom. The van der Waals surface area contributed by atoms with Crippen LogP contribution >= 0.6 is 0 Å². The van der Waals surface area contributed by atoms with Crippen molar-refractivity contribution in [2.45, 2.75) is 57.8 Å². The Bertz CT molecular complexity index is 463. The van der Waals surface area contributed by atoms with Crippen LogP contribution in [0.1, 0.15) is 77.2 Å². The highest BCUT2D eigenvalue weighted by Crippen LogP contribution is 2.27. The maximum atomic E-state index is 11.5. The van der Waals surface area contributed by atoms with Crippen LogP contribution in [-0.4, -0.2) is 11.8 Å². The molecule has 5 heteroatoms. The van der Waals surface area contributed by atoms with Crippen molar-refractivity contribution in [3.05, 3.63) is 22.6 Å². The van der Waals surface area contributed by atoms with Crippen LogP contribution < -0.4 is 11.5 Å². The summed E-state index contributed by atoms with van der Waals surface area (Å²) < 4.78 is 5.37. The monoisotopic (exact) mass is 278 g/mol. The van der Waals surface area contributed by atoms with Crippen LogP contribution in [0.2, 0.25) is 0 Å². The third-order valence-corrected chi connectivity index (χ3v) is 3.92. The Labute approximate surface area is 118 Å². The van der Waals surface area contributed by atoms with Gasteiger partial charge in [-0.05, 0) is 25.7 Å². The topological polar surface area (TPSA) is 99.3 Å². The van der Waals surface area contributed by atoms with Gasteiger partial charge in [0.05, 0.1) is 0 Å². The van der Waals surface area contributed by atoms with Gasteiger partial charge in [-0.2, -0.15) is 0 Å². The molecule has 1 aliphatic rings. The Balaban J connectivity index is 2.39. The molecule has 1 aromatic rings. The molecule has 0 aromatic carbocycles. The maximum absolute atomic E-state index is 11.5. The minimum absolute atomic E-state index is 0.119. The molecule has 0 unspecified atom stereocenters. The second-order valence-corrected chi connectivity index (χ2v) is 5.42. The van der Waals surface area contributed by atoms with Gasteiger partial charge in [-0.1, -0.05) is 32.1 Å². The van der Waals surface area contributed by atoms with Crippen molar-refractivity contribution in [3.8, 4) is 0 Å². The summed E-state index contributed by atoms with van der Waals surface area (Å²) in [5, 5.41) is 0. The van der Waals surface area contributed by atoms with Gasteiger partial charge in [0.1, 0.15) is 0 Å². The molecular formula is C15H22N2O3. The van der Waals surface area contributed by atoms with E-state index in [1.54, 1.807) is 0 Å². The molecule has 0 fully saturated rings. The number of rotatable bonds is 2. The highest BCUT2D eigenvalue weighted by atomic mass is 16.4. The first-order chi connectivity index (χ1) is 9.61. The highest BCUT2D eigenvalue weighted by molar-refractivity contribution is 5.97. The molecule has 2 amide bonds. The molecule has 0 aliphatic heterocycles.